The number of imide groups is 1. The lowest BCUT2D eigenvalue weighted by molar-refractivity contribution is -0.137. The van der Waals surface area contributed by atoms with Gasteiger partial charge in [-0.25, -0.2) is 4.98 Å². The fourth-order valence-corrected chi connectivity index (χ4v) is 4.92. The first-order chi connectivity index (χ1) is 14.7. The second kappa shape index (κ2) is 8.22. The lowest BCUT2D eigenvalue weighted by Gasteiger charge is -2.25. The molecule has 0 radical (unpaired) electrons. The van der Waals surface area contributed by atoms with Gasteiger partial charge in [-0.1, -0.05) is 0 Å². The van der Waals surface area contributed by atoms with Crippen LogP contribution in [0.3, 0.4) is 0 Å². The Morgan fingerprint density at radius 3 is 2.83 bits per heavy atom. The van der Waals surface area contributed by atoms with Gasteiger partial charge in [0.25, 0.3) is 0 Å². The average Bonchev–Trinajstić information content (AvgIpc) is 3.41. The van der Waals surface area contributed by atoms with E-state index < -0.39 is 0 Å². The predicted octanol–water partition coefficient (Wildman–Crippen LogP) is 2.63. The van der Waals surface area contributed by atoms with Gasteiger partial charge in [-0.15, -0.1) is 0 Å². The predicted molar refractivity (Wildman–Crippen MR) is 112 cm³/mol. The summed E-state index contributed by atoms with van der Waals surface area (Å²) in [6, 6.07) is 7.79. The SMILES string of the molecule is O=C1CC[C@H](C2COc3ccc4nc(OCCCN5CCCC5)ccc4c32)C(=O)N1. The minimum atomic E-state index is -0.254. The third-order valence-electron chi connectivity index (χ3n) is 6.47. The topological polar surface area (TPSA) is 80.8 Å². The summed E-state index contributed by atoms with van der Waals surface area (Å²) < 4.78 is 11.8. The summed E-state index contributed by atoms with van der Waals surface area (Å²) in [7, 11) is 0. The van der Waals surface area contributed by atoms with Crippen LogP contribution in [0.5, 0.6) is 11.6 Å². The van der Waals surface area contributed by atoms with E-state index in [-0.39, 0.29) is 23.7 Å². The molecule has 1 N–H and O–H groups in total. The van der Waals surface area contributed by atoms with Gasteiger partial charge in [0.05, 0.1) is 18.7 Å². The van der Waals surface area contributed by atoms with Crippen LogP contribution in [0.15, 0.2) is 24.3 Å². The Kier molecular flexibility index (Phi) is 5.29. The lowest BCUT2D eigenvalue weighted by Crippen LogP contribution is -2.43. The molecular formula is C23H27N3O4. The van der Waals surface area contributed by atoms with E-state index in [4.69, 9.17) is 9.47 Å². The number of hydrogen-bond acceptors (Lipinski definition) is 6. The minimum absolute atomic E-state index is 0.0640. The molecule has 5 rings (SSSR count). The van der Waals surface area contributed by atoms with E-state index in [9.17, 15) is 9.59 Å². The highest BCUT2D eigenvalue weighted by atomic mass is 16.5. The summed E-state index contributed by atoms with van der Waals surface area (Å²) >= 11 is 0. The van der Waals surface area contributed by atoms with Gasteiger partial charge in [-0.2, -0.15) is 0 Å². The van der Waals surface area contributed by atoms with Crippen molar-refractivity contribution in [3.05, 3.63) is 29.8 Å². The highest BCUT2D eigenvalue weighted by Crippen LogP contribution is 2.44. The third-order valence-corrected chi connectivity index (χ3v) is 6.47. The molecule has 158 valence electrons. The first-order valence-corrected chi connectivity index (χ1v) is 10.9. The van der Waals surface area contributed by atoms with E-state index in [1.54, 1.807) is 0 Å². The van der Waals surface area contributed by atoms with Crippen LogP contribution in [0.2, 0.25) is 0 Å². The van der Waals surface area contributed by atoms with Gasteiger partial charge in [0.15, 0.2) is 0 Å². The van der Waals surface area contributed by atoms with Crippen molar-refractivity contribution in [1.29, 1.82) is 0 Å². The molecule has 3 aliphatic rings. The average molecular weight is 409 g/mol. The first kappa shape index (κ1) is 19.3. The van der Waals surface area contributed by atoms with Gasteiger partial charge in [-0.05, 0) is 57.0 Å². The van der Waals surface area contributed by atoms with Crippen molar-refractivity contribution in [2.75, 3.05) is 32.8 Å². The Bertz CT molecular complexity index is 970. The largest absolute Gasteiger partial charge is 0.493 e. The molecule has 2 aromatic rings. The van der Waals surface area contributed by atoms with Crippen molar-refractivity contribution < 1.29 is 19.1 Å². The van der Waals surface area contributed by atoms with E-state index in [1.807, 2.05) is 24.3 Å². The van der Waals surface area contributed by atoms with Crippen LogP contribution < -0.4 is 14.8 Å². The van der Waals surface area contributed by atoms with Crippen LogP contribution >= 0.6 is 0 Å². The number of fused-ring (bicyclic) bond motifs is 3. The number of pyridine rings is 1. The Morgan fingerprint density at radius 1 is 1.13 bits per heavy atom. The normalized spacial score (nSPS) is 24.0. The van der Waals surface area contributed by atoms with E-state index in [1.165, 1.54) is 25.9 Å². The van der Waals surface area contributed by atoms with Gasteiger partial charge in [0.1, 0.15) is 5.75 Å². The van der Waals surface area contributed by atoms with Gasteiger partial charge in [-0.3, -0.25) is 14.9 Å². The molecule has 3 aliphatic heterocycles. The third kappa shape index (κ3) is 3.74. The lowest BCUT2D eigenvalue weighted by atomic mass is 9.81. The zero-order valence-electron chi connectivity index (χ0n) is 17.1. The molecule has 1 aromatic heterocycles. The molecule has 0 spiro atoms. The van der Waals surface area contributed by atoms with Crippen molar-refractivity contribution >= 4 is 22.7 Å². The van der Waals surface area contributed by atoms with Crippen LogP contribution in [-0.4, -0.2) is 54.5 Å². The number of hydrogen-bond donors (Lipinski definition) is 1. The van der Waals surface area contributed by atoms with E-state index in [0.29, 0.717) is 31.9 Å². The molecule has 0 bridgehead atoms. The maximum Gasteiger partial charge on any atom is 0.230 e. The Hall–Kier alpha value is -2.67. The molecule has 7 nitrogen and oxygen atoms in total. The maximum atomic E-state index is 12.4. The van der Waals surface area contributed by atoms with Crippen molar-refractivity contribution in [3.63, 3.8) is 0 Å². The van der Waals surface area contributed by atoms with Crippen LogP contribution in [-0.2, 0) is 9.59 Å². The van der Waals surface area contributed by atoms with Gasteiger partial charge >= 0.3 is 0 Å². The summed E-state index contributed by atoms with van der Waals surface area (Å²) in [6.07, 6.45) is 4.54. The molecule has 2 saturated heterocycles. The quantitative estimate of drug-likeness (QED) is 0.584. The molecule has 0 saturated carbocycles. The summed E-state index contributed by atoms with van der Waals surface area (Å²) in [5, 5.41) is 3.46. The Morgan fingerprint density at radius 2 is 2.00 bits per heavy atom. The zero-order chi connectivity index (χ0) is 20.5. The zero-order valence-corrected chi connectivity index (χ0v) is 17.1. The summed E-state index contributed by atoms with van der Waals surface area (Å²) in [4.78, 5) is 31.1. The minimum Gasteiger partial charge on any atom is -0.493 e. The number of likely N-dealkylation sites (tertiary alicyclic amines) is 1. The molecule has 2 fully saturated rings. The molecule has 2 amide bonds. The van der Waals surface area contributed by atoms with Crippen molar-refractivity contribution in [3.8, 4) is 11.6 Å². The monoisotopic (exact) mass is 409 g/mol. The molecule has 0 aliphatic carbocycles. The molecular weight excluding hydrogens is 382 g/mol. The fraction of sp³-hybridized carbons (Fsp3) is 0.522. The van der Waals surface area contributed by atoms with Gasteiger partial charge in [0, 0.05) is 41.8 Å². The second-order valence-corrected chi connectivity index (χ2v) is 8.42. The summed E-state index contributed by atoms with van der Waals surface area (Å²) in [5.41, 5.74) is 1.86. The fourth-order valence-electron chi connectivity index (χ4n) is 4.92. The van der Waals surface area contributed by atoms with Crippen LogP contribution in [0.4, 0.5) is 0 Å². The molecule has 2 atom stereocenters. The maximum absolute atomic E-state index is 12.4. The van der Waals surface area contributed by atoms with Crippen molar-refractivity contribution in [1.82, 2.24) is 15.2 Å². The number of amides is 2. The number of benzene rings is 1. The van der Waals surface area contributed by atoms with E-state index >= 15 is 0 Å². The van der Waals surface area contributed by atoms with Crippen LogP contribution in [0.1, 0.15) is 43.6 Å². The number of carbonyl (C=O) groups excluding carboxylic acids is 2. The van der Waals surface area contributed by atoms with Crippen LogP contribution in [0, 0.1) is 5.92 Å². The van der Waals surface area contributed by atoms with Crippen molar-refractivity contribution in [2.24, 2.45) is 5.92 Å². The van der Waals surface area contributed by atoms with E-state index in [0.717, 1.165) is 35.2 Å². The number of rotatable bonds is 6. The number of nitrogens with one attached hydrogen (secondary N) is 1. The molecule has 1 aromatic carbocycles. The Balaban J connectivity index is 1.31. The smallest absolute Gasteiger partial charge is 0.230 e. The van der Waals surface area contributed by atoms with E-state index in [2.05, 4.69) is 15.2 Å². The summed E-state index contributed by atoms with van der Waals surface area (Å²) in [6.45, 7) is 4.59. The molecule has 7 heteroatoms. The number of nitrogens with zero attached hydrogens (tertiary/aromatic N) is 2. The highest BCUT2D eigenvalue weighted by molar-refractivity contribution is 5.99. The van der Waals surface area contributed by atoms with Gasteiger partial charge < -0.3 is 14.4 Å². The molecule has 30 heavy (non-hydrogen) atoms. The highest BCUT2D eigenvalue weighted by Gasteiger charge is 2.39. The standard InChI is InChI=1S/C23H27N3O4/c27-20-8-4-15(23(28)25-20)17-14-30-19-7-6-18-16(22(17)19)5-9-21(24-18)29-13-3-12-26-10-1-2-11-26/h5-7,9,15,17H,1-4,8,10-14H2,(H,25,27,28)/t15-,17?/m1/s1. The Labute approximate surface area is 175 Å². The number of carbonyl (C=O) groups is 2. The first-order valence-electron chi connectivity index (χ1n) is 10.9. The van der Waals surface area contributed by atoms with Gasteiger partial charge in [0.2, 0.25) is 17.7 Å². The number of ether oxygens (including phenoxy) is 2. The van der Waals surface area contributed by atoms with Crippen molar-refractivity contribution in [2.45, 2.75) is 38.0 Å². The number of aromatic nitrogens is 1. The van der Waals surface area contributed by atoms with Crippen LogP contribution in [0.25, 0.3) is 10.9 Å². The number of piperidine rings is 1. The molecule has 4 heterocycles. The molecule has 1 unspecified atom stereocenters. The second-order valence-electron chi connectivity index (χ2n) is 8.42. The summed E-state index contributed by atoms with van der Waals surface area (Å²) in [5.74, 6) is 0.720.